The van der Waals surface area contributed by atoms with Crippen LogP contribution < -0.4 is 10.1 Å². The molecule has 0 atom stereocenters. The first-order valence-corrected chi connectivity index (χ1v) is 9.52. The molecule has 0 saturated carbocycles. The van der Waals surface area contributed by atoms with Crippen LogP contribution in [-0.2, 0) is 11.2 Å². The average molecular weight is 355 g/mol. The highest BCUT2D eigenvalue weighted by molar-refractivity contribution is 7.17. The highest BCUT2D eigenvalue weighted by Crippen LogP contribution is 2.26. The molecule has 5 nitrogen and oxygen atoms in total. The van der Waals surface area contributed by atoms with Gasteiger partial charge in [0.2, 0.25) is 5.88 Å². The van der Waals surface area contributed by atoms with E-state index in [2.05, 4.69) is 44.9 Å². The summed E-state index contributed by atoms with van der Waals surface area (Å²) >= 11 is 1.80. The van der Waals surface area contributed by atoms with Crippen molar-refractivity contribution < 1.29 is 9.47 Å². The summed E-state index contributed by atoms with van der Waals surface area (Å²) in [6, 6.07) is 10.4. The van der Waals surface area contributed by atoms with E-state index in [1.807, 2.05) is 6.07 Å². The van der Waals surface area contributed by atoms with Crippen molar-refractivity contribution >= 4 is 27.2 Å². The van der Waals surface area contributed by atoms with Crippen molar-refractivity contribution in [2.75, 3.05) is 25.1 Å². The Morgan fingerprint density at radius 1 is 1.20 bits per heavy atom. The van der Waals surface area contributed by atoms with Crippen molar-refractivity contribution in [2.24, 2.45) is 0 Å². The molecule has 1 N–H and O–H groups in total. The molecule has 0 bridgehead atoms. The summed E-state index contributed by atoms with van der Waals surface area (Å²) in [5.41, 5.74) is 1.38. The average Bonchev–Trinajstić information content (AvgIpc) is 3.06. The standard InChI is InChI=1S/C19H21N3O2S/c1-2-4-17-16(3-1)14(12-25-17)5-8-20-18-11-19(22-13-21-18)24-15-6-9-23-10-7-15/h1-4,11-13,15H,5-10H2,(H,20,21,22). The number of nitrogens with zero attached hydrogens (tertiary/aromatic N) is 2. The number of hydrogen-bond acceptors (Lipinski definition) is 6. The van der Waals surface area contributed by atoms with Crippen molar-refractivity contribution in [3.05, 3.63) is 47.6 Å². The van der Waals surface area contributed by atoms with Crippen LogP contribution in [0, 0.1) is 0 Å². The Morgan fingerprint density at radius 3 is 3.00 bits per heavy atom. The largest absolute Gasteiger partial charge is 0.474 e. The fourth-order valence-electron chi connectivity index (χ4n) is 3.02. The quantitative estimate of drug-likeness (QED) is 0.727. The second-order valence-electron chi connectivity index (χ2n) is 6.10. The summed E-state index contributed by atoms with van der Waals surface area (Å²) in [4.78, 5) is 8.51. The van der Waals surface area contributed by atoms with Crippen molar-refractivity contribution in [1.29, 1.82) is 0 Å². The van der Waals surface area contributed by atoms with Gasteiger partial charge in [0.1, 0.15) is 18.2 Å². The van der Waals surface area contributed by atoms with Gasteiger partial charge in [-0.15, -0.1) is 11.3 Å². The zero-order valence-corrected chi connectivity index (χ0v) is 14.8. The Balaban J connectivity index is 1.34. The number of aromatic nitrogens is 2. The smallest absolute Gasteiger partial charge is 0.218 e. The molecule has 3 heterocycles. The van der Waals surface area contributed by atoms with Crippen LogP contribution in [0.4, 0.5) is 5.82 Å². The Labute approximate surface area is 151 Å². The fourth-order valence-corrected chi connectivity index (χ4v) is 4.01. The SMILES string of the molecule is c1ccc2c(CCNc3cc(OC4CCOCC4)ncn3)csc2c1. The topological polar surface area (TPSA) is 56.3 Å². The monoisotopic (exact) mass is 355 g/mol. The molecule has 25 heavy (non-hydrogen) atoms. The van der Waals surface area contributed by atoms with Crippen LogP contribution in [0.3, 0.4) is 0 Å². The maximum absolute atomic E-state index is 5.94. The molecule has 3 aromatic rings. The van der Waals surface area contributed by atoms with Crippen LogP contribution in [-0.4, -0.2) is 35.8 Å². The fraction of sp³-hybridized carbons (Fsp3) is 0.368. The molecule has 0 spiro atoms. The predicted octanol–water partition coefficient (Wildman–Crippen LogP) is 3.90. The molecule has 0 aliphatic carbocycles. The van der Waals surface area contributed by atoms with Gasteiger partial charge < -0.3 is 14.8 Å². The third-order valence-corrected chi connectivity index (χ3v) is 5.37. The Bertz CT molecular complexity index is 830. The lowest BCUT2D eigenvalue weighted by atomic mass is 10.1. The predicted molar refractivity (Wildman–Crippen MR) is 101 cm³/mol. The van der Waals surface area contributed by atoms with Crippen LogP contribution in [0.15, 0.2) is 42.0 Å². The van der Waals surface area contributed by atoms with Gasteiger partial charge in [0.05, 0.1) is 13.2 Å². The molecule has 1 aromatic carbocycles. The van der Waals surface area contributed by atoms with E-state index in [1.165, 1.54) is 15.6 Å². The van der Waals surface area contributed by atoms with Gasteiger partial charge in [-0.25, -0.2) is 9.97 Å². The summed E-state index contributed by atoms with van der Waals surface area (Å²) in [5, 5.41) is 6.96. The maximum atomic E-state index is 5.94. The van der Waals surface area contributed by atoms with Crippen LogP contribution in [0.25, 0.3) is 10.1 Å². The number of ether oxygens (including phenoxy) is 2. The van der Waals surface area contributed by atoms with Crippen molar-refractivity contribution in [2.45, 2.75) is 25.4 Å². The van der Waals surface area contributed by atoms with Gasteiger partial charge in [0, 0.05) is 30.2 Å². The molecule has 0 unspecified atom stereocenters. The number of anilines is 1. The van der Waals surface area contributed by atoms with Crippen LogP contribution in [0.2, 0.25) is 0 Å². The minimum Gasteiger partial charge on any atom is -0.474 e. The van der Waals surface area contributed by atoms with Gasteiger partial charge in [-0.3, -0.25) is 0 Å². The first-order chi connectivity index (χ1) is 12.4. The summed E-state index contributed by atoms with van der Waals surface area (Å²) < 4.78 is 12.6. The molecular weight excluding hydrogens is 334 g/mol. The molecule has 1 fully saturated rings. The number of fused-ring (bicyclic) bond motifs is 1. The molecule has 2 aromatic heterocycles. The van der Waals surface area contributed by atoms with Crippen LogP contribution >= 0.6 is 11.3 Å². The summed E-state index contributed by atoms with van der Waals surface area (Å²) in [5.74, 6) is 1.43. The van der Waals surface area contributed by atoms with Crippen molar-refractivity contribution in [3.63, 3.8) is 0 Å². The van der Waals surface area contributed by atoms with Crippen LogP contribution in [0.1, 0.15) is 18.4 Å². The number of thiophene rings is 1. The van der Waals surface area contributed by atoms with Crippen molar-refractivity contribution in [3.8, 4) is 5.88 Å². The molecule has 1 saturated heterocycles. The van der Waals surface area contributed by atoms with E-state index in [-0.39, 0.29) is 6.10 Å². The Morgan fingerprint density at radius 2 is 2.08 bits per heavy atom. The lowest BCUT2D eigenvalue weighted by molar-refractivity contribution is 0.0237. The van der Waals surface area contributed by atoms with Gasteiger partial charge in [-0.05, 0) is 28.8 Å². The number of hydrogen-bond donors (Lipinski definition) is 1. The lowest BCUT2D eigenvalue weighted by Crippen LogP contribution is -2.26. The van der Waals surface area contributed by atoms with Gasteiger partial charge >= 0.3 is 0 Å². The molecule has 0 radical (unpaired) electrons. The molecule has 1 aliphatic rings. The van der Waals surface area contributed by atoms with E-state index >= 15 is 0 Å². The molecule has 1 aliphatic heterocycles. The van der Waals surface area contributed by atoms with Gasteiger partial charge in [0.15, 0.2) is 0 Å². The molecule has 0 amide bonds. The first kappa shape index (κ1) is 16.3. The molecule has 6 heteroatoms. The number of benzene rings is 1. The van der Waals surface area contributed by atoms with E-state index in [9.17, 15) is 0 Å². The zero-order chi connectivity index (χ0) is 16.9. The molecule has 130 valence electrons. The van der Waals surface area contributed by atoms with Gasteiger partial charge in [-0.1, -0.05) is 18.2 Å². The summed E-state index contributed by atoms with van der Waals surface area (Å²) in [6.45, 7) is 2.35. The normalized spacial score (nSPS) is 15.4. The van der Waals surface area contributed by atoms with E-state index < -0.39 is 0 Å². The Hall–Kier alpha value is -2.18. The minimum absolute atomic E-state index is 0.189. The second-order valence-corrected chi connectivity index (χ2v) is 7.02. The van der Waals surface area contributed by atoms with Gasteiger partial charge in [-0.2, -0.15) is 0 Å². The van der Waals surface area contributed by atoms with Gasteiger partial charge in [0.25, 0.3) is 0 Å². The molecular formula is C19H21N3O2S. The third kappa shape index (κ3) is 4.08. The highest BCUT2D eigenvalue weighted by Gasteiger charge is 2.16. The maximum Gasteiger partial charge on any atom is 0.218 e. The summed E-state index contributed by atoms with van der Waals surface area (Å²) in [6.07, 6.45) is 4.53. The van der Waals surface area contributed by atoms with Crippen molar-refractivity contribution in [1.82, 2.24) is 9.97 Å². The first-order valence-electron chi connectivity index (χ1n) is 8.64. The Kier molecular flexibility index (Phi) is 5.09. The number of rotatable bonds is 6. The zero-order valence-electron chi connectivity index (χ0n) is 14.0. The molecule has 4 rings (SSSR count). The van der Waals surface area contributed by atoms with E-state index in [1.54, 1.807) is 17.7 Å². The van der Waals surface area contributed by atoms with E-state index in [4.69, 9.17) is 9.47 Å². The summed E-state index contributed by atoms with van der Waals surface area (Å²) in [7, 11) is 0. The second kappa shape index (κ2) is 7.80. The minimum atomic E-state index is 0.189. The highest BCUT2D eigenvalue weighted by atomic mass is 32.1. The van der Waals surface area contributed by atoms with E-state index in [0.29, 0.717) is 5.88 Å². The van der Waals surface area contributed by atoms with E-state index in [0.717, 1.165) is 44.8 Å². The lowest BCUT2D eigenvalue weighted by Gasteiger charge is -2.22. The third-order valence-electron chi connectivity index (χ3n) is 4.36. The number of nitrogens with one attached hydrogen (secondary N) is 1. The van der Waals surface area contributed by atoms with Crippen LogP contribution in [0.5, 0.6) is 5.88 Å².